The van der Waals surface area contributed by atoms with Crippen molar-refractivity contribution in [3.8, 4) is 0 Å². The summed E-state index contributed by atoms with van der Waals surface area (Å²) in [4.78, 5) is 12.1. The van der Waals surface area contributed by atoms with Crippen molar-refractivity contribution in [1.29, 1.82) is 0 Å². The molecule has 5 aliphatic carbocycles. The van der Waals surface area contributed by atoms with Gasteiger partial charge in [0.15, 0.2) is 0 Å². The topological polar surface area (TPSA) is 58.9 Å². The molecular formula is C38H53NO3. The Morgan fingerprint density at radius 1 is 0.952 bits per heavy atom. The smallest absolute Gasteiger partial charge is 0.337 e. The number of methoxy groups -OCH3 is 1. The fourth-order valence-corrected chi connectivity index (χ4v) is 12.5. The summed E-state index contributed by atoms with van der Waals surface area (Å²) in [7, 11) is 1.44. The third kappa shape index (κ3) is 3.84. The van der Waals surface area contributed by atoms with Crippen LogP contribution >= 0.6 is 0 Å². The molecule has 4 fully saturated rings. The fourth-order valence-electron chi connectivity index (χ4n) is 12.5. The van der Waals surface area contributed by atoms with Crippen molar-refractivity contribution in [3.05, 3.63) is 53.6 Å². The highest BCUT2D eigenvalue weighted by Gasteiger charge is 2.70. The molecule has 1 N–H and O–H groups in total. The average molecular weight is 572 g/mol. The monoisotopic (exact) mass is 571 g/mol. The largest absolute Gasteiger partial charge is 0.465 e. The molecule has 42 heavy (non-hydrogen) atoms. The number of allylic oxidation sites excluding steroid dienone is 3. The van der Waals surface area contributed by atoms with Crippen LogP contribution in [0.1, 0.15) is 115 Å². The molecule has 1 aromatic rings. The molecule has 0 saturated heterocycles. The molecule has 4 saturated carbocycles. The van der Waals surface area contributed by atoms with Crippen molar-refractivity contribution in [2.45, 2.75) is 99.3 Å². The maximum atomic E-state index is 12.1. The second-order valence-electron chi connectivity index (χ2n) is 16.3. The van der Waals surface area contributed by atoms with Crippen LogP contribution in [0.5, 0.6) is 0 Å². The molecule has 228 valence electrons. The molecule has 0 amide bonds. The summed E-state index contributed by atoms with van der Waals surface area (Å²) in [6.45, 7) is 19.6. The van der Waals surface area contributed by atoms with Gasteiger partial charge in [-0.1, -0.05) is 65.0 Å². The lowest BCUT2D eigenvalue weighted by Gasteiger charge is -2.72. The zero-order chi connectivity index (χ0) is 30.3. The molecule has 5 aliphatic rings. The minimum Gasteiger partial charge on any atom is -0.465 e. The number of carbonyl (C=O) groups is 1. The number of ether oxygens (including phenoxy) is 1. The van der Waals surface area contributed by atoms with Crippen molar-refractivity contribution in [1.82, 2.24) is 0 Å². The van der Waals surface area contributed by atoms with E-state index in [4.69, 9.17) is 4.74 Å². The van der Waals surface area contributed by atoms with Crippen molar-refractivity contribution in [2.75, 3.05) is 7.11 Å². The van der Waals surface area contributed by atoms with E-state index in [0.717, 1.165) is 19.3 Å². The summed E-state index contributed by atoms with van der Waals surface area (Å²) < 4.78 is 4.93. The van der Waals surface area contributed by atoms with Gasteiger partial charge < -0.3 is 9.94 Å². The van der Waals surface area contributed by atoms with E-state index in [1.54, 1.807) is 0 Å². The van der Waals surface area contributed by atoms with Crippen LogP contribution in [0.25, 0.3) is 5.57 Å². The summed E-state index contributed by atoms with van der Waals surface area (Å²) in [6.07, 6.45) is 15.4. The minimum absolute atomic E-state index is 0.0285. The molecule has 0 radical (unpaired) electrons. The van der Waals surface area contributed by atoms with Crippen molar-refractivity contribution in [3.63, 3.8) is 0 Å². The highest BCUT2D eigenvalue weighted by Crippen LogP contribution is 2.77. The van der Waals surface area contributed by atoms with Gasteiger partial charge >= 0.3 is 5.97 Å². The van der Waals surface area contributed by atoms with Gasteiger partial charge in [-0.3, -0.25) is 0 Å². The number of hydrogen-bond donors (Lipinski definition) is 1. The predicted molar refractivity (Wildman–Crippen MR) is 170 cm³/mol. The fraction of sp³-hybridized carbons (Fsp3) is 0.684. The zero-order valence-electron chi connectivity index (χ0n) is 27.1. The van der Waals surface area contributed by atoms with Crippen LogP contribution in [0, 0.1) is 56.7 Å². The predicted octanol–water partition coefficient (Wildman–Crippen LogP) is 9.58. The van der Waals surface area contributed by atoms with E-state index in [0.29, 0.717) is 35.2 Å². The number of fused-ring (bicyclic) bond motifs is 7. The first-order valence-electron chi connectivity index (χ1n) is 16.5. The van der Waals surface area contributed by atoms with Crippen LogP contribution in [0.15, 0.2) is 47.6 Å². The molecule has 0 aliphatic heterocycles. The Balaban J connectivity index is 1.35. The first-order chi connectivity index (χ1) is 19.8. The van der Waals surface area contributed by atoms with Gasteiger partial charge in [0, 0.05) is 5.41 Å². The van der Waals surface area contributed by atoms with Crippen LogP contribution < -0.4 is 0 Å². The Morgan fingerprint density at radius 3 is 2.31 bits per heavy atom. The van der Waals surface area contributed by atoms with Crippen LogP contribution in [-0.4, -0.2) is 24.5 Å². The summed E-state index contributed by atoms with van der Waals surface area (Å²) in [5, 5.41) is 13.5. The first-order valence-corrected chi connectivity index (χ1v) is 16.5. The Labute approximate surface area is 254 Å². The maximum Gasteiger partial charge on any atom is 0.337 e. The van der Waals surface area contributed by atoms with Crippen molar-refractivity contribution in [2.24, 2.45) is 61.8 Å². The van der Waals surface area contributed by atoms with E-state index in [9.17, 15) is 10.0 Å². The van der Waals surface area contributed by atoms with E-state index < -0.39 is 0 Å². The Morgan fingerprint density at radius 2 is 1.67 bits per heavy atom. The quantitative estimate of drug-likeness (QED) is 0.129. The molecule has 0 unspecified atom stereocenters. The number of benzene rings is 1. The number of nitrogens with zero attached hydrogens (tertiary/aromatic N) is 1. The van der Waals surface area contributed by atoms with E-state index in [-0.39, 0.29) is 33.0 Å². The molecule has 0 spiro atoms. The van der Waals surface area contributed by atoms with Gasteiger partial charge in [-0.15, -0.1) is 5.16 Å². The molecule has 6 rings (SSSR count). The summed E-state index contributed by atoms with van der Waals surface area (Å²) in [5.74, 6) is 2.73. The number of oxime groups is 1. The van der Waals surface area contributed by atoms with Crippen LogP contribution in [0.2, 0.25) is 0 Å². The SMILES string of the molecule is C=C(C)[C@@H]1CC[C@]2(/C=N\O)CC[C@]3(C)[C@H](CC[C@@H]4[C@@]5(C)CC=C(c6ccc(C(=O)OC)cc6)C(C)(C)[C@@H]5CC[C@]43C)[C@@H]12. The molecule has 0 heterocycles. The molecule has 0 bridgehead atoms. The van der Waals surface area contributed by atoms with Gasteiger partial charge in [0.1, 0.15) is 0 Å². The van der Waals surface area contributed by atoms with E-state index in [1.807, 2.05) is 18.3 Å². The third-order valence-electron chi connectivity index (χ3n) is 14.6. The molecule has 1 aromatic carbocycles. The standard InChI is InChI=1S/C38H53NO3/c1-24(2)27-15-20-38(23-39-41)22-21-36(6)29(32(27)38)13-14-31-35(5)18-16-28(25-9-11-26(12-10-25)33(40)42-8)34(3,4)30(35)17-19-37(31,36)7/h9-12,16,23,27,29-32,41H,1,13-15,17-22H2,2-8H3/b39-23-/t27-,29+,30-,31+,32+,35-,36+,37+,38+/m0/s1. The summed E-state index contributed by atoms with van der Waals surface area (Å²) in [6, 6.07) is 8.06. The van der Waals surface area contributed by atoms with Crippen LogP contribution in [0.3, 0.4) is 0 Å². The highest BCUT2D eigenvalue weighted by molar-refractivity contribution is 5.90. The maximum absolute atomic E-state index is 12.1. The molecule has 4 heteroatoms. The lowest BCUT2D eigenvalue weighted by atomic mass is 9.32. The Hall–Kier alpha value is -2.36. The van der Waals surface area contributed by atoms with Gasteiger partial charge in [0.05, 0.1) is 18.9 Å². The third-order valence-corrected chi connectivity index (χ3v) is 14.6. The van der Waals surface area contributed by atoms with E-state index >= 15 is 0 Å². The van der Waals surface area contributed by atoms with Crippen LogP contribution in [-0.2, 0) is 4.74 Å². The minimum atomic E-state index is -0.280. The van der Waals surface area contributed by atoms with Crippen molar-refractivity contribution >= 4 is 17.8 Å². The number of carbonyl (C=O) groups excluding carboxylic acids is 1. The van der Waals surface area contributed by atoms with E-state index in [1.165, 1.54) is 62.3 Å². The second-order valence-corrected chi connectivity index (χ2v) is 16.3. The number of rotatable bonds is 4. The van der Waals surface area contributed by atoms with Gasteiger partial charge in [0.2, 0.25) is 0 Å². The Kier molecular flexibility index (Phi) is 6.95. The van der Waals surface area contributed by atoms with Gasteiger partial charge in [-0.05, 0) is 139 Å². The summed E-state index contributed by atoms with van der Waals surface area (Å²) >= 11 is 0. The second kappa shape index (κ2) is 9.83. The van der Waals surface area contributed by atoms with Crippen molar-refractivity contribution < 1.29 is 14.7 Å². The number of hydrogen-bond acceptors (Lipinski definition) is 4. The van der Waals surface area contributed by atoms with E-state index in [2.05, 4.69) is 71.5 Å². The van der Waals surface area contributed by atoms with Gasteiger partial charge in [-0.2, -0.15) is 0 Å². The van der Waals surface area contributed by atoms with Gasteiger partial charge in [-0.25, -0.2) is 4.79 Å². The first kappa shape index (κ1) is 29.7. The highest BCUT2D eigenvalue weighted by atomic mass is 16.5. The Bertz CT molecular complexity index is 1320. The lowest BCUT2D eigenvalue weighted by Crippen LogP contribution is -2.65. The molecule has 0 aromatic heterocycles. The van der Waals surface area contributed by atoms with Crippen LogP contribution in [0.4, 0.5) is 0 Å². The lowest BCUT2D eigenvalue weighted by molar-refractivity contribution is -0.219. The normalized spacial score (nSPS) is 43.9. The molecule has 9 atom stereocenters. The summed E-state index contributed by atoms with van der Waals surface area (Å²) in [5.41, 5.74) is 5.50. The average Bonchev–Trinajstić information content (AvgIpc) is 3.33. The molecular weight excluding hydrogens is 518 g/mol. The molecule has 4 nitrogen and oxygen atoms in total. The number of esters is 1. The van der Waals surface area contributed by atoms with Gasteiger partial charge in [0.25, 0.3) is 0 Å². The zero-order valence-corrected chi connectivity index (χ0v) is 27.1.